The standard InChI is InChI=1S/C19H17BrN4O6/c1-29-11-4-2-10(3-5-11)18(27)21-8-17(26)30-9-16(25)22-13-7-15-14(6-12(13)20)23-19(28)24-15/h2-7H,8-9H2,1H3,(H,21,27)(H,22,25)(H2,23,24,28). The Morgan fingerprint density at radius 2 is 1.73 bits per heavy atom. The third-order valence-electron chi connectivity index (χ3n) is 3.99. The first kappa shape index (κ1) is 21.1. The van der Waals surface area contributed by atoms with Crippen molar-refractivity contribution in [2.24, 2.45) is 0 Å². The fourth-order valence-electron chi connectivity index (χ4n) is 2.53. The molecule has 3 rings (SSSR count). The fraction of sp³-hybridized carbons (Fsp3) is 0.158. The van der Waals surface area contributed by atoms with E-state index < -0.39 is 30.9 Å². The Kier molecular flexibility index (Phi) is 6.52. The predicted molar refractivity (Wildman–Crippen MR) is 112 cm³/mol. The van der Waals surface area contributed by atoms with Gasteiger partial charge in [0, 0.05) is 10.0 Å². The van der Waals surface area contributed by atoms with Crippen LogP contribution in [0.2, 0.25) is 0 Å². The summed E-state index contributed by atoms with van der Waals surface area (Å²) in [5.74, 6) is -1.21. The number of amides is 2. The van der Waals surface area contributed by atoms with E-state index >= 15 is 0 Å². The van der Waals surface area contributed by atoms with Crippen molar-refractivity contribution in [1.82, 2.24) is 15.3 Å². The molecule has 0 saturated heterocycles. The number of hydrogen-bond donors (Lipinski definition) is 4. The number of carbonyl (C=O) groups is 3. The second kappa shape index (κ2) is 9.27. The molecular weight excluding hydrogens is 460 g/mol. The minimum Gasteiger partial charge on any atom is -0.497 e. The highest BCUT2D eigenvalue weighted by Crippen LogP contribution is 2.26. The van der Waals surface area contributed by atoms with E-state index in [-0.39, 0.29) is 5.69 Å². The Labute approximate surface area is 178 Å². The number of esters is 1. The summed E-state index contributed by atoms with van der Waals surface area (Å²) < 4.78 is 10.4. The van der Waals surface area contributed by atoms with Crippen LogP contribution in [0.1, 0.15) is 10.4 Å². The van der Waals surface area contributed by atoms with Crippen LogP contribution in [0.5, 0.6) is 5.75 Å². The first-order valence-corrected chi connectivity index (χ1v) is 9.44. The smallest absolute Gasteiger partial charge is 0.325 e. The summed E-state index contributed by atoms with van der Waals surface area (Å²) in [5, 5.41) is 4.98. The molecule has 0 aliphatic heterocycles. The summed E-state index contributed by atoms with van der Waals surface area (Å²) in [5.41, 5.74) is 1.46. The second-order valence-corrected chi connectivity index (χ2v) is 6.93. The number of rotatable bonds is 7. The number of benzene rings is 2. The zero-order valence-corrected chi connectivity index (χ0v) is 17.3. The molecule has 1 heterocycles. The number of H-pyrrole nitrogens is 2. The van der Waals surface area contributed by atoms with E-state index in [1.807, 2.05) is 0 Å². The van der Waals surface area contributed by atoms with Gasteiger partial charge in [0.15, 0.2) is 6.61 Å². The van der Waals surface area contributed by atoms with Crippen LogP contribution in [0.3, 0.4) is 0 Å². The number of ether oxygens (including phenoxy) is 2. The highest BCUT2D eigenvalue weighted by Gasteiger charge is 2.13. The number of fused-ring (bicyclic) bond motifs is 1. The summed E-state index contributed by atoms with van der Waals surface area (Å²) in [6.45, 7) is -0.927. The summed E-state index contributed by atoms with van der Waals surface area (Å²) in [6.07, 6.45) is 0. The van der Waals surface area contributed by atoms with Crippen molar-refractivity contribution in [1.29, 1.82) is 0 Å². The van der Waals surface area contributed by atoms with E-state index in [1.54, 1.807) is 36.4 Å². The maximum absolute atomic E-state index is 12.0. The Hall–Kier alpha value is -3.60. The molecule has 0 atom stereocenters. The molecule has 0 unspecified atom stereocenters. The van der Waals surface area contributed by atoms with Gasteiger partial charge in [-0.3, -0.25) is 14.4 Å². The number of aromatic amines is 2. The first-order chi connectivity index (χ1) is 14.4. The fourth-order valence-corrected chi connectivity index (χ4v) is 2.97. The van der Waals surface area contributed by atoms with E-state index in [9.17, 15) is 19.2 Å². The van der Waals surface area contributed by atoms with Gasteiger partial charge < -0.3 is 30.1 Å². The normalized spacial score (nSPS) is 10.5. The summed E-state index contributed by atoms with van der Waals surface area (Å²) in [7, 11) is 1.51. The molecule has 156 valence electrons. The summed E-state index contributed by atoms with van der Waals surface area (Å²) in [4.78, 5) is 52.3. The number of nitrogens with one attached hydrogen (secondary N) is 4. The summed E-state index contributed by atoms with van der Waals surface area (Å²) >= 11 is 3.29. The van der Waals surface area contributed by atoms with Gasteiger partial charge in [-0.25, -0.2) is 4.79 Å². The van der Waals surface area contributed by atoms with Gasteiger partial charge in [0.2, 0.25) is 0 Å². The highest BCUT2D eigenvalue weighted by molar-refractivity contribution is 9.10. The molecule has 0 saturated carbocycles. The first-order valence-electron chi connectivity index (χ1n) is 8.65. The molecule has 0 radical (unpaired) electrons. The van der Waals surface area contributed by atoms with Gasteiger partial charge in [0.1, 0.15) is 12.3 Å². The Morgan fingerprint density at radius 3 is 2.40 bits per heavy atom. The van der Waals surface area contributed by atoms with Crippen LogP contribution in [-0.2, 0) is 14.3 Å². The van der Waals surface area contributed by atoms with E-state index in [1.165, 1.54) is 7.11 Å². The number of imidazole rings is 1. The molecule has 11 heteroatoms. The molecule has 0 bridgehead atoms. The van der Waals surface area contributed by atoms with Crippen LogP contribution in [0.15, 0.2) is 45.7 Å². The average molecular weight is 477 g/mol. The third kappa shape index (κ3) is 5.26. The lowest BCUT2D eigenvalue weighted by Crippen LogP contribution is -2.32. The lowest BCUT2D eigenvalue weighted by Gasteiger charge is -2.09. The Balaban J connectivity index is 1.47. The van der Waals surface area contributed by atoms with E-state index in [0.717, 1.165) is 0 Å². The van der Waals surface area contributed by atoms with Gasteiger partial charge in [-0.1, -0.05) is 0 Å². The van der Waals surface area contributed by atoms with Crippen molar-refractivity contribution in [2.45, 2.75) is 0 Å². The van der Waals surface area contributed by atoms with Crippen molar-refractivity contribution in [3.63, 3.8) is 0 Å². The third-order valence-corrected chi connectivity index (χ3v) is 4.64. The van der Waals surface area contributed by atoms with E-state index in [2.05, 4.69) is 36.5 Å². The van der Waals surface area contributed by atoms with Gasteiger partial charge in [-0.05, 0) is 52.3 Å². The molecular formula is C19H17BrN4O6. The minimum absolute atomic E-state index is 0.351. The van der Waals surface area contributed by atoms with Crippen LogP contribution < -0.4 is 21.1 Å². The maximum Gasteiger partial charge on any atom is 0.325 e. The van der Waals surface area contributed by atoms with E-state index in [0.29, 0.717) is 32.5 Å². The minimum atomic E-state index is -0.767. The van der Waals surface area contributed by atoms with Gasteiger partial charge >= 0.3 is 11.7 Å². The molecule has 2 aromatic carbocycles. The monoisotopic (exact) mass is 476 g/mol. The zero-order chi connectivity index (χ0) is 21.7. The zero-order valence-electron chi connectivity index (χ0n) is 15.7. The molecule has 0 spiro atoms. The molecule has 0 aliphatic rings. The number of anilines is 1. The molecule has 30 heavy (non-hydrogen) atoms. The van der Waals surface area contributed by atoms with Gasteiger partial charge in [0.05, 0.1) is 23.8 Å². The van der Waals surface area contributed by atoms with E-state index in [4.69, 9.17) is 9.47 Å². The highest BCUT2D eigenvalue weighted by atomic mass is 79.9. The number of methoxy groups -OCH3 is 1. The number of aromatic nitrogens is 2. The molecule has 0 aliphatic carbocycles. The van der Waals surface area contributed by atoms with Crippen molar-refractivity contribution < 1.29 is 23.9 Å². The lowest BCUT2D eigenvalue weighted by molar-refractivity contribution is -0.146. The SMILES string of the molecule is COc1ccc(C(=O)NCC(=O)OCC(=O)Nc2cc3[nH]c(=O)[nH]c3cc2Br)cc1. The van der Waals surface area contributed by atoms with Crippen LogP contribution in [0, 0.1) is 0 Å². The van der Waals surface area contributed by atoms with Gasteiger partial charge in [0.25, 0.3) is 11.8 Å². The maximum atomic E-state index is 12.0. The molecule has 0 fully saturated rings. The topological polar surface area (TPSA) is 142 Å². The molecule has 3 aromatic rings. The van der Waals surface area contributed by atoms with Crippen LogP contribution in [-0.4, -0.2) is 48.0 Å². The van der Waals surface area contributed by atoms with Crippen molar-refractivity contribution in [3.8, 4) is 5.75 Å². The summed E-state index contributed by atoms with van der Waals surface area (Å²) in [6, 6.07) is 9.54. The van der Waals surface area contributed by atoms with Crippen LogP contribution in [0.4, 0.5) is 5.69 Å². The predicted octanol–water partition coefficient (Wildman–Crippen LogP) is 1.54. The number of halogens is 1. The quantitative estimate of drug-likeness (QED) is 0.381. The van der Waals surface area contributed by atoms with Gasteiger partial charge in [-0.2, -0.15) is 0 Å². The van der Waals surface area contributed by atoms with Crippen molar-refractivity contribution in [3.05, 3.63) is 56.9 Å². The van der Waals surface area contributed by atoms with Gasteiger partial charge in [-0.15, -0.1) is 0 Å². The molecule has 2 amide bonds. The second-order valence-electron chi connectivity index (χ2n) is 6.08. The molecule has 10 nitrogen and oxygen atoms in total. The number of carbonyl (C=O) groups excluding carboxylic acids is 3. The molecule has 4 N–H and O–H groups in total. The largest absolute Gasteiger partial charge is 0.497 e. The van der Waals surface area contributed by atoms with Crippen molar-refractivity contribution >= 4 is 50.4 Å². The lowest BCUT2D eigenvalue weighted by atomic mass is 10.2. The average Bonchev–Trinajstić information content (AvgIpc) is 3.09. The van der Waals surface area contributed by atoms with Crippen LogP contribution in [0.25, 0.3) is 11.0 Å². The molecule has 1 aromatic heterocycles. The van der Waals surface area contributed by atoms with Crippen LogP contribution >= 0.6 is 15.9 Å². The Morgan fingerprint density at radius 1 is 1.07 bits per heavy atom. The Bertz CT molecular complexity index is 1150. The van der Waals surface area contributed by atoms with Crippen molar-refractivity contribution in [2.75, 3.05) is 25.6 Å². The number of hydrogen-bond acceptors (Lipinski definition) is 6.